The van der Waals surface area contributed by atoms with Crippen LogP contribution in [-0.4, -0.2) is 17.0 Å². The van der Waals surface area contributed by atoms with Gasteiger partial charge in [0.15, 0.2) is 11.6 Å². The van der Waals surface area contributed by atoms with Crippen LogP contribution in [0, 0.1) is 17.5 Å². The van der Waals surface area contributed by atoms with Crippen molar-refractivity contribution in [1.29, 1.82) is 0 Å². The molecular formula is C11H9F3N4. The van der Waals surface area contributed by atoms with E-state index in [-0.39, 0.29) is 11.5 Å². The van der Waals surface area contributed by atoms with Crippen molar-refractivity contribution in [2.75, 3.05) is 17.7 Å². The fourth-order valence-corrected chi connectivity index (χ4v) is 1.31. The summed E-state index contributed by atoms with van der Waals surface area (Å²) in [5.74, 6) is -2.70. The molecule has 1 heterocycles. The van der Waals surface area contributed by atoms with E-state index in [1.54, 1.807) is 7.05 Å². The third kappa shape index (κ3) is 2.50. The minimum atomic E-state index is -1.24. The summed E-state index contributed by atoms with van der Waals surface area (Å²) in [7, 11) is 1.62. The molecule has 0 bridgehead atoms. The van der Waals surface area contributed by atoms with E-state index >= 15 is 0 Å². The standard InChI is InChI=1S/C11H9F3N4/c1-15-11-16-3-2-10(18-11)17-9-5-7(13)6(12)4-8(9)14/h2-5H,1H3,(H2,15,16,17,18). The van der Waals surface area contributed by atoms with Crippen LogP contribution < -0.4 is 10.6 Å². The van der Waals surface area contributed by atoms with Gasteiger partial charge in [0.1, 0.15) is 11.6 Å². The Morgan fingerprint density at radius 1 is 1.06 bits per heavy atom. The van der Waals surface area contributed by atoms with Gasteiger partial charge in [-0.1, -0.05) is 0 Å². The number of anilines is 3. The normalized spacial score (nSPS) is 10.2. The minimum absolute atomic E-state index is 0.199. The summed E-state index contributed by atoms with van der Waals surface area (Å²) in [6.07, 6.45) is 1.44. The number of halogens is 3. The number of benzene rings is 1. The summed E-state index contributed by atoms with van der Waals surface area (Å²) in [6, 6.07) is 2.67. The first-order valence-corrected chi connectivity index (χ1v) is 5.02. The quantitative estimate of drug-likeness (QED) is 0.827. The first-order chi connectivity index (χ1) is 8.60. The Bertz CT molecular complexity index is 574. The molecule has 2 rings (SSSR count). The molecule has 0 aliphatic carbocycles. The number of aromatic nitrogens is 2. The van der Waals surface area contributed by atoms with Crippen molar-refractivity contribution in [2.24, 2.45) is 0 Å². The number of nitrogens with one attached hydrogen (secondary N) is 2. The number of nitrogens with zero attached hydrogens (tertiary/aromatic N) is 2. The van der Waals surface area contributed by atoms with Crippen LogP contribution in [0.3, 0.4) is 0 Å². The molecular weight excluding hydrogens is 245 g/mol. The van der Waals surface area contributed by atoms with Crippen LogP contribution in [-0.2, 0) is 0 Å². The van der Waals surface area contributed by atoms with E-state index in [0.717, 1.165) is 6.07 Å². The summed E-state index contributed by atoms with van der Waals surface area (Å²) in [4.78, 5) is 7.83. The Morgan fingerprint density at radius 3 is 2.50 bits per heavy atom. The Labute approximate surface area is 101 Å². The number of rotatable bonds is 3. The molecule has 0 fully saturated rings. The van der Waals surface area contributed by atoms with E-state index in [4.69, 9.17) is 0 Å². The Kier molecular flexibility index (Phi) is 3.31. The molecule has 18 heavy (non-hydrogen) atoms. The van der Waals surface area contributed by atoms with Crippen LogP contribution in [0.15, 0.2) is 24.4 Å². The molecule has 4 nitrogen and oxygen atoms in total. The van der Waals surface area contributed by atoms with E-state index in [0.29, 0.717) is 12.0 Å². The Balaban J connectivity index is 2.30. The van der Waals surface area contributed by atoms with E-state index in [9.17, 15) is 13.2 Å². The summed E-state index contributed by atoms with van der Waals surface area (Å²) in [5.41, 5.74) is -0.199. The highest BCUT2D eigenvalue weighted by Crippen LogP contribution is 2.21. The SMILES string of the molecule is CNc1nccc(Nc2cc(F)c(F)cc2F)n1. The lowest BCUT2D eigenvalue weighted by Gasteiger charge is -2.08. The van der Waals surface area contributed by atoms with Gasteiger partial charge in [-0.25, -0.2) is 18.2 Å². The van der Waals surface area contributed by atoms with Crippen molar-refractivity contribution < 1.29 is 13.2 Å². The highest BCUT2D eigenvalue weighted by molar-refractivity contribution is 5.57. The zero-order valence-electron chi connectivity index (χ0n) is 9.34. The highest BCUT2D eigenvalue weighted by Gasteiger charge is 2.10. The largest absolute Gasteiger partial charge is 0.357 e. The molecule has 0 unspecified atom stereocenters. The molecule has 0 amide bonds. The van der Waals surface area contributed by atoms with Gasteiger partial charge in [-0.3, -0.25) is 0 Å². The van der Waals surface area contributed by atoms with Gasteiger partial charge in [0, 0.05) is 25.4 Å². The summed E-state index contributed by atoms with van der Waals surface area (Å²) < 4.78 is 39.1. The predicted octanol–water partition coefficient (Wildman–Crippen LogP) is 2.68. The van der Waals surface area contributed by atoms with Gasteiger partial charge >= 0.3 is 0 Å². The van der Waals surface area contributed by atoms with Gasteiger partial charge in [-0.05, 0) is 6.07 Å². The van der Waals surface area contributed by atoms with Crippen molar-refractivity contribution in [2.45, 2.75) is 0 Å². The number of hydrogen-bond acceptors (Lipinski definition) is 4. The summed E-state index contributed by atoms with van der Waals surface area (Å²) >= 11 is 0. The molecule has 7 heteroatoms. The third-order valence-electron chi connectivity index (χ3n) is 2.15. The smallest absolute Gasteiger partial charge is 0.224 e. The lowest BCUT2D eigenvalue weighted by Crippen LogP contribution is -2.02. The van der Waals surface area contributed by atoms with Crippen molar-refractivity contribution in [3.63, 3.8) is 0 Å². The average molecular weight is 254 g/mol. The zero-order valence-corrected chi connectivity index (χ0v) is 9.34. The monoisotopic (exact) mass is 254 g/mol. The van der Waals surface area contributed by atoms with Gasteiger partial charge in [-0.15, -0.1) is 0 Å². The van der Waals surface area contributed by atoms with Gasteiger partial charge in [0.2, 0.25) is 5.95 Å². The molecule has 0 aliphatic rings. The molecule has 1 aromatic heterocycles. The maximum atomic E-state index is 13.4. The third-order valence-corrected chi connectivity index (χ3v) is 2.15. The first kappa shape index (κ1) is 12.2. The molecule has 94 valence electrons. The molecule has 0 saturated carbocycles. The van der Waals surface area contributed by atoms with Gasteiger partial charge in [-0.2, -0.15) is 4.98 Å². The fraction of sp³-hybridized carbons (Fsp3) is 0.0909. The molecule has 0 aliphatic heterocycles. The van der Waals surface area contributed by atoms with Crippen molar-refractivity contribution >= 4 is 17.5 Å². The van der Waals surface area contributed by atoms with E-state index in [1.165, 1.54) is 12.3 Å². The topological polar surface area (TPSA) is 49.8 Å². The van der Waals surface area contributed by atoms with Crippen LogP contribution in [0.2, 0.25) is 0 Å². The predicted molar refractivity (Wildman–Crippen MR) is 61.2 cm³/mol. The second kappa shape index (κ2) is 4.91. The van der Waals surface area contributed by atoms with Crippen molar-refractivity contribution in [3.05, 3.63) is 41.8 Å². The van der Waals surface area contributed by atoms with Crippen molar-refractivity contribution in [3.8, 4) is 0 Å². The van der Waals surface area contributed by atoms with Crippen LogP contribution in [0.4, 0.5) is 30.6 Å². The van der Waals surface area contributed by atoms with E-state index < -0.39 is 17.5 Å². The van der Waals surface area contributed by atoms with Gasteiger partial charge in [0.05, 0.1) is 5.69 Å². The molecule has 2 aromatic rings. The summed E-state index contributed by atoms with van der Waals surface area (Å²) in [5, 5.41) is 5.24. The lowest BCUT2D eigenvalue weighted by molar-refractivity contribution is 0.496. The fourth-order valence-electron chi connectivity index (χ4n) is 1.31. The average Bonchev–Trinajstić information content (AvgIpc) is 2.36. The van der Waals surface area contributed by atoms with Crippen molar-refractivity contribution in [1.82, 2.24) is 9.97 Å². The molecule has 0 spiro atoms. The lowest BCUT2D eigenvalue weighted by atomic mass is 10.3. The molecule has 0 radical (unpaired) electrons. The van der Waals surface area contributed by atoms with Crippen LogP contribution in [0.1, 0.15) is 0 Å². The Hall–Kier alpha value is -2.31. The molecule has 0 saturated heterocycles. The van der Waals surface area contributed by atoms with Gasteiger partial charge in [0.25, 0.3) is 0 Å². The van der Waals surface area contributed by atoms with Crippen LogP contribution >= 0.6 is 0 Å². The maximum absolute atomic E-state index is 13.4. The van der Waals surface area contributed by atoms with E-state index in [2.05, 4.69) is 20.6 Å². The van der Waals surface area contributed by atoms with Gasteiger partial charge < -0.3 is 10.6 Å². The summed E-state index contributed by atoms with van der Waals surface area (Å²) in [6.45, 7) is 0. The number of hydrogen-bond donors (Lipinski definition) is 2. The van der Waals surface area contributed by atoms with Crippen LogP contribution in [0.5, 0.6) is 0 Å². The minimum Gasteiger partial charge on any atom is -0.357 e. The highest BCUT2D eigenvalue weighted by atomic mass is 19.2. The Morgan fingerprint density at radius 2 is 1.78 bits per heavy atom. The zero-order chi connectivity index (χ0) is 13.1. The first-order valence-electron chi connectivity index (χ1n) is 5.02. The van der Waals surface area contributed by atoms with E-state index in [1.807, 2.05) is 0 Å². The molecule has 0 atom stereocenters. The molecule has 2 N–H and O–H groups in total. The maximum Gasteiger partial charge on any atom is 0.224 e. The van der Waals surface area contributed by atoms with Crippen LogP contribution in [0.25, 0.3) is 0 Å². The second-order valence-corrected chi connectivity index (χ2v) is 3.39. The second-order valence-electron chi connectivity index (χ2n) is 3.39. The molecule has 1 aromatic carbocycles.